The molecule has 1 saturated heterocycles. The molecule has 3 aromatic carbocycles. The maximum Gasteiger partial charge on any atom is 0.573 e. The van der Waals surface area contributed by atoms with E-state index in [1.807, 2.05) is 19.1 Å². The van der Waals surface area contributed by atoms with Crippen LogP contribution in [0.2, 0.25) is 0 Å². The van der Waals surface area contributed by atoms with Gasteiger partial charge < -0.3 is 9.84 Å². The van der Waals surface area contributed by atoms with Gasteiger partial charge in [-0.25, -0.2) is 4.79 Å². The van der Waals surface area contributed by atoms with Gasteiger partial charge in [0.05, 0.1) is 29.3 Å². The van der Waals surface area contributed by atoms with E-state index in [0.717, 1.165) is 17.0 Å². The molecule has 10 heteroatoms. The van der Waals surface area contributed by atoms with Crippen LogP contribution in [-0.4, -0.2) is 23.5 Å². The highest BCUT2D eigenvalue weighted by atomic mass is 19.4. The summed E-state index contributed by atoms with van der Waals surface area (Å²) in [7, 11) is 0. The van der Waals surface area contributed by atoms with Gasteiger partial charge in [0.2, 0.25) is 0 Å². The molecule has 2 unspecified atom stereocenters. The molecule has 0 bridgehead atoms. The number of benzene rings is 3. The Morgan fingerprint density at radius 1 is 0.973 bits per heavy atom. The Morgan fingerprint density at radius 2 is 1.54 bits per heavy atom. The molecule has 1 fully saturated rings. The second-order valence-electron chi connectivity index (χ2n) is 8.41. The maximum absolute atomic E-state index is 14.0. The number of aliphatic hydroxyl groups is 1. The summed E-state index contributed by atoms with van der Waals surface area (Å²) in [6.45, 7) is 1.86. The highest BCUT2D eigenvalue weighted by molar-refractivity contribution is 6.08. The second-order valence-corrected chi connectivity index (χ2v) is 8.41. The number of alkyl halides is 3. The first-order chi connectivity index (χ1) is 17.6. The van der Waals surface area contributed by atoms with Crippen molar-refractivity contribution in [3.05, 3.63) is 89.5 Å². The molecule has 0 aromatic heterocycles. The number of nitriles is 2. The van der Waals surface area contributed by atoms with E-state index in [0.29, 0.717) is 29.7 Å². The number of amides is 2. The SMILES string of the molecule is CCCC1N(c2ccc(C#N)cc2)C(=O)N(c2ccc(C#N)cc2)C1(O)c1cccc(OC(F)(F)F)c1. The van der Waals surface area contributed by atoms with E-state index < -0.39 is 29.9 Å². The average Bonchev–Trinajstić information content (AvgIpc) is 3.10. The van der Waals surface area contributed by atoms with Crippen LogP contribution in [-0.2, 0) is 5.72 Å². The Labute approximate surface area is 211 Å². The molecule has 37 heavy (non-hydrogen) atoms. The zero-order valence-corrected chi connectivity index (χ0v) is 19.6. The molecular formula is C27H21F3N4O3. The third-order valence-electron chi connectivity index (χ3n) is 6.10. The highest BCUT2D eigenvalue weighted by Gasteiger charge is 2.58. The van der Waals surface area contributed by atoms with Gasteiger partial charge in [0.25, 0.3) is 0 Å². The van der Waals surface area contributed by atoms with Gasteiger partial charge in [-0.05, 0) is 67.1 Å². The second kappa shape index (κ2) is 9.84. The smallest absolute Gasteiger partial charge is 0.406 e. The first kappa shape index (κ1) is 25.5. The zero-order chi connectivity index (χ0) is 26.8. The molecule has 0 radical (unpaired) electrons. The van der Waals surface area contributed by atoms with Crippen LogP contribution in [0.15, 0.2) is 72.8 Å². The fourth-order valence-corrected chi connectivity index (χ4v) is 4.54. The van der Waals surface area contributed by atoms with Crippen LogP contribution in [0.3, 0.4) is 0 Å². The van der Waals surface area contributed by atoms with Crippen molar-refractivity contribution < 1.29 is 27.8 Å². The number of halogens is 3. The predicted octanol–water partition coefficient (Wildman–Crippen LogP) is 5.79. The number of hydrogen-bond donors (Lipinski definition) is 1. The molecule has 188 valence electrons. The van der Waals surface area contributed by atoms with Gasteiger partial charge in [-0.15, -0.1) is 13.2 Å². The zero-order valence-electron chi connectivity index (χ0n) is 19.6. The Kier molecular flexibility index (Phi) is 6.80. The molecule has 3 aromatic rings. The molecule has 1 aliphatic rings. The summed E-state index contributed by atoms with van der Waals surface area (Å²) in [6.07, 6.45) is -4.12. The van der Waals surface area contributed by atoms with Gasteiger partial charge in [-0.3, -0.25) is 9.80 Å². The van der Waals surface area contributed by atoms with Gasteiger partial charge >= 0.3 is 12.4 Å². The predicted molar refractivity (Wildman–Crippen MR) is 128 cm³/mol. The van der Waals surface area contributed by atoms with E-state index in [-0.39, 0.29) is 11.3 Å². The lowest BCUT2D eigenvalue weighted by Crippen LogP contribution is -2.49. The molecule has 1 N–H and O–H groups in total. The van der Waals surface area contributed by atoms with Crippen molar-refractivity contribution in [2.45, 2.75) is 37.9 Å². The molecule has 0 saturated carbocycles. The number of anilines is 2. The third kappa shape index (κ3) is 4.80. The molecule has 1 aliphatic heterocycles. The van der Waals surface area contributed by atoms with Crippen LogP contribution < -0.4 is 14.5 Å². The van der Waals surface area contributed by atoms with E-state index in [9.17, 15) is 28.3 Å². The third-order valence-corrected chi connectivity index (χ3v) is 6.10. The summed E-state index contributed by atoms with van der Waals surface area (Å²) in [6, 6.07) is 19.5. The van der Waals surface area contributed by atoms with E-state index in [4.69, 9.17) is 5.26 Å². The molecule has 2 amide bonds. The normalized spacial score (nSPS) is 19.4. The van der Waals surface area contributed by atoms with Gasteiger partial charge in [0, 0.05) is 16.9 Å². The minimum Gasteiger partial charge on any atom is -0.406 e. The Balaban J connectivity index is 1.92. The van der Waals surface area contributed by atoms with Gasteiger partial charge in [0.1, 0.15) is 5.75 Å². The van der Waals surface area contributed by atoms with Crippen LogP contribution in [0.25, 0.3) is 0 Å². The molecular weight excluding hydrogens is 485 g/mol. The number of ether oxygens (including phenoxy) is 1. The first-order valence-electron chi connectivity index (χ1n) is 11.3. The minimum atomic E-state index is -4.95. The summed E-state index contributed by atoms with van der Waals surface area (Å²) in [4.78, 5) is 16.4. The topological polar surface area (TPSA) is 101 Å². The first-order valence-corrected chi connectivity index (χ1v) is 11.3. The minimum absolute atomic E-state index is 0.0153. The van der Waals surface area contributed by atoms with Gasteiger partial charge in [-0.1, -0.05) is 25.5 Å². The summed E-state index contributed by atoms with van der Waals surface area (Å²) in [5, 5.41) is 30.7. The largest absolute Gasteiger partial charge is 0.573 e. The van der Waals surface area contributed by atoms with Gasteiger partial charge in [0.15, 0.2) is 5.72 Å². The lowest BCUT2D eigenvalue weighted by Gasteiger charge is -2.37. The number of urea groups is 1. The van der Waals surface area contributed by atoms with Crippen LogP contribution in [0, 0.1) is 22.7 Å². The summed E-state index contributed by atoms with van der Waals surface area (Å²) in [5.41, 5.74) is -0.750. The van der Waals surface area contributed by atoms with Crippen LogP contribution in [0.1, 0.15) is 36.5 Å². The summed E-state index contributed by atoms with van der Waals surface area (Å²) < 4.78 is 43.0. The molecule has 7 nitrogen and oxygen atoms in total. The molecule has 0 aliphatic carbocycles. The number of carbonyl (C=O) groups is 1. The van der Waals surface area contributed by atoms with Crippen molar-refractivity contribution in [2.75, 3.05) is 9.80 Å². The van der Waals surface area contributed by atoms with E-state index >= 15 is 0 Å². The highest BCUT2D eigenvalue weighted by Crippen LogP contribution is 2.46. The van der Waals surface area contributed by atoms with Crippen LogP contribution >= 0.6 is 0 Å². The summed E-state index contributed by atoms with van der Waals surface area (Å²) >= 11 is 0. The molecule has 4 rings (SSSR count). The quantitative estimate of drug-likeness (QED) is 0.456. The Morgan fingerprint density at radius 3 is 2.05 bits per heavy atom. The fraction of sp³-hybridized carbons (Fsp3) is 0.222. The van der Waals surface area contributed by atoms with Crippen molar-refractivity contribution in [3.8, 4) is 17.9 Å². The standard InChI is InChI=1S/C27H21F3N4O3/c1-2-4-24-26(36,20-5-3-6-23(15-20)37-27(28,29)30)34(22-13-9-19(17-32)10-14-22)25(35)33(24)21-11-7-18(16-31)8-12-21/h3,5-15,24,36H,2,4H2,1H3. The van der Waals surface area contributed by atoms with Crippen molar-refractivity contribution in [2.24, 2.45) is 0 Å². The Bertz CT molecular complexity index is 1380. The van der Waals surface area contributed by atoms with Crippen molar-refractivity contribution in [1.29, 1.82) is 10.5 Å². The van der Waals surface area contributed by atoms with E-state index in [1.54, 1.807) is 12.1 Å². The lowest BCUT2D eigenvalue weighted by molar-refractivity contribution is -0.274. The average molecular weight is 506 g/mol. The lowest BCUT2D eigenvalue weighted by atomic mass is 9.90. The monoisotopic (exact) mass is 506 g/mol. The molecule has 0 spiro atoms. The number of carbonyl (C=O) groups excluding carboxylic acids is 1. The maximum atomic E-state index is 14.0. The van der Waals surface area contributed by atoms with Crippen molar-refractivity contribution >= 4 is 17.4 Å². The van der Waals surface area contributed by atoms with Crippen molar-refractivity contribution in [1.82, 2.24) is 0 Å². The Hall–Kier alpha value is -4.54. The van der Waals surface area contributed by atoms with Gasteiger partial charge in [-0.2, -0.15) is 10.5 Å². The number of nitrogens with zero attached hydrogens (tertiary/aromatic N) is 4. The molecule has 1 heterocycles. The number of rotatable bonds is 6. The molecule has 2 atom stereocenters. The van der Waals surface area contributed by atoms with Crippen molar-refractivity contribution in [3.63, 3.8) is 0 Å². The fourth-order valence-electron chi connectivity index (χ4n) is 4.54. The van der Waals surface area contributed by atoms with E-state index in [2.05, 4.69) is 4.74 Å². The van der Waals surface area contributed by atoms with E-state index in [1.165, 1.54) is 53.4 Å². The van der Waals surface area contributed by atoms with Crippen LogP contribution in [0.5, 0.6) is 5.75 Å². The summed E-state index contributed by atoms with van der Waals surface area (Å²) in [5.74, 6) is -0.544. The number of hydrogen-bond acceptors (Lipinski definition) is 5. The van der Waals surface area contributed by atoms with Crippen LogP contribution in [0.4, 0.5) is 29.3 Å².